The number of carbonyl (C=O) groups is 1. The molecule has 140 valence electrons. The number of imidazole rings is 1. The van der Waals surface area contributed by atoms with Gasteiger partial charge in [0.15, 0.2) is 0 Å². The lowest BCUT2D eigenvalue weighted by Gasteiger charge is -2.14. The van der Waals surface area contributed by atoms with Crippen LogP contribution in [0.3, 0.4) is 0 Å². The molecule has 0 fully saturated rings. The Morgan fingerprint density at radius 1 is 1.15 bits per heavy atom. The van der Waals surface area contributed by atoms with Crippen LogP contribution in [0.1, 0.15) is 10.4 Å². The first-order chi connectivity index (χ1) is 12.9. The van der Waals surface area contributed by atoms with Gasteiger partial charge in [-0.2, -0.15) is 0 Å². The van der Waals surface area contributed by atoms with Crippen molar-refractivity contribution in [1.29, 1.82) is 0 Å². The summed E-state index contributed by atoms with van der Waals surface area (Å²) >= 11 is 0. The van der Waals surface area contributed by atoms with Crippen molar-refractivity contribution in [1.82, 2.24) is 14.0 Å². The van der Waals surface area contributed by atoms with Crippen LogP contribution in [0.25, 0.3) is 5.69 Å². The molecule has 3 aromatic rings. The van der Waals surface area contributed by atoms with Gasteiger partial charge in [0.1, 0.15) is 0 Å². The van der Waals surface area contributed by atoms with Crippen LogP contribution < -0.4 is 5.32 Å². The van der Waals surface area contributed by atoms with Crippen LogP contribution in [-0.4, -0.2) is 42.5 Å². The number of hydroxylamine groups is 1. The second-order valence-corrected chi connectivity index (χ2v) is 7.50. The number of benzene rings is 2. The fourth-order valence-electron chi connectivity index (χ4n) is 2.43. The number of para-hydroxylation sites is 2. The summed E-state index contributed by atoms with van der Waals surface area (Å²) in [5.74, 6) is -0.355. The van der Waals surface area contributed by atoms with E-state index >= 15 is 0 Å². The highest BCUT2D eigenvalue weighted by atomic mass is 32.2. The Kier molecular flexibility index (Phi) is 5.36. The Morgan fingerprint density at radius 3 is 2.48 bits per heavy atom. The average molecular weight is 386 g/mol. The summed E-state index contributed by atoms with van der Waals surface area (Å²) in [5, 5.41) is 2.84. The lowest BCUT2D eigenvalue weighted by Crippen LogP contribution is -2.25. The quantitative estimate of drug-likeness (QED) is 0.656. The Morgan fingerprint density at radius 2 is 1.85 bits per heavy atom. The summed E-state index contributed by atoms with van der Waals surface area (Å²) in [7, 11) is -1.20. The number of aromatic nitrogens is 2. The molecule has 9 heteroatoms. The average Bonchev–Trinajstić information content (AvgIpc) is 3.22. The van der Waals surface area contributed by atoms with Crippen molar-refractivity contribution in [2.24, 2.45) is 0 Å². The topological polar surface area (TPSA) is 93.5 Å². The van der Waals surface area contributed by atoms with Gasteiger partial charge in [-0.3, -0.25) is 9.63 Å². The van der Waals surface area contributed by atoms with E-state index in [0.717, 1.165) is 10.2 Å². The van der Waals surface area contributed by atoms with Crippen molar-refractivity contribution < 1.29 is 18.0 Å². The molecule has 27 heavy (non-hydrogen) atoms. The van der Waals surface area contributed by atoms with E-state index in [9.17, 15) is 13.2 Å². The normalized spacial score (nSPS) is 11.5. The van der Waals surface area contributed by atoms with Gasteiger partial charge >= 0.3 is 0 Å². The van der Waals surface area contributed by atoms with Gasteiger partial charge in [-0.15, -0.1) is 0 Å². The van der Waals surface area contributed by atoms with E-state index in [1.807, 2.05) is 18.2 Å². The predicted octanol–water partition coefficient (Wildman–Crippen LogP) is 2.31. The van der Waals surface area contributed by atoms with Crippen LogP contribution in [0.2, 0.25) is 0 Å². The highest BCUT2D eigenvalue weighted by molar-refractivity contribution is 7.89. The minimum Gasteiger partial charge on any atom is -0.320 e. The Bertz CT molecular complexity index is 1030. The second-order valence-electron chi connectivity index (χ2n) is 5.56. The molecule has 0 saturated carbocycles. The zero-order valence-corrected chi connectivity index (χ0v) is 15.6. The maximum Gasteiger partial charge on any atom is 0.264 e. The first-order valence-corrected chi connectivity index (χ1v) is 9.39. The molecule has 0 aliphatic rings. The summed E-state index contributed by atoms with van der Waals surface area (Å²) in [6.45, 7) is 0. The van der Waals surface area contributed by atoms with Crippen molar-refractivity contribution in [3.05, 3.63) is 72.8 Å². The Hall–Kier alpha value is -3.01. The molecule has 0 unspecified atom stereocenters. The summed E-state index contributed by atoms with van der Waals surface area (Å²) in [5.41, 5.74) is 1.70. The van der Waals surface area contributed by atoms with Crippen molar-refractivity contribution >= 4 is 21.6 Å². The van der Waals surface area contributed by atoms with Crippen molar-refractivity contribution in [3.63, 3.8) is 0 Å². The van der Waals surface area contributed by atoms with Gasteiger partial charge in [-0.1, -0.05) is 16.6 Å². The van der Waals surface area contributed by atoms with Crippen LogP contribution >= 0.6 is 0 Å². The van der Waals surface area contributed by atoms with Gasteiger partial charge in [0.2, 0.25) is 0 Å². The molecule has 1 amide bonds. The highest BCUT2D eigenvalue weighted by Crippen LogP contribution is 2.21. The largest absolute Gasteiger partial charge is 0.320 e. The van der Waals surface area contributed by atoms with Gasteiger partial charge in [-0.25, -0.2) is 13.4 Å². The molecule has 0 bridgehead atoms. The number of nitrogens with one attached hydrogen (secondary N) is 1. The molecule has 3 rings (SSSR count). The maximum absolute atomic E-state index is 12.6. The first-order valence-electron chi connectivity index (χ1n) is 7.95. The molecule has 0 saturated heterocycles. The third-order valence-electron chi connectivity index (χ3n) is 3.94. The SMILES string of the molecule is CON(C)S(=O)(=O)c1ccc(C(=O)Nc2ccccc2-n2ccnc2)cc1. The summed E-state index contributed by atoms with van der Waals surface area (Å²) in [6.07, 6.45) is 5.06. The molecule has 1 heterocycles. The van der Waals surface area contributed by atoms with Gasteiger partial charge in [0.25, 0.3) is 15.9 Å². The fraction of sp³-hybridized carbons (Fsp3) is 0.111. The van der Waals surface area contributed by atoms with E-state index in [0.29, 0.717) is 11.3 Å². The number of rotatable bonds is 6. The lowest BCUT2D eigenvalue weighted by atomic mass is 10.2. The zero-order chi connectivity index (χ0) is 19.4. The number of carbonyl (C=O) groups excluding carboxylic acids is 1. The van der Waals surface area contributed by atoms with Gasteiger partial charge in [-0.05, 0) is 36.4 Å². The van der Waals surface area contributed by atoms with Gasteiger partial charge < -0.3 is 9.88 Å². The van der Waals surface area contributed by atoms with Gasteiger partial charge in [0.05, 0.1) is 29.7 Å². The predicted molar refractivity (Wildman–Crippen MR) is 99.9 cm³/mol. The number of sulfonamides is 1. The molecule has 0 aliphatic heterocycles. The minimum atomic E-state index is -3.76. The van der Waals surface area contributed by atoms with Crippen LogP contribution in [0.15, 0.2) is 72.1 Å². The van der Waals surface area contributed by atoms with E-state index in [-0.39, 0.29) is 10.8 Å². The van der Waals surface area contributed by atoms with Gasteiger partial charge in [0, 0.05) is 25.0 Å². The van der Waals surface area contributed by atoms with Crippen LogP contribution in [-0.2, 0) is 14.9 Å². The molecular weight excluding hydrogens is 368 g/mol. The number of anilines is 1. The van der Waals surface area contributed by atoms with Crippen molar-refractivity contribution in [2.75, 3.05) is 19.5 Å². The smallest absolute Gasteiger partial charge is 0.264 e. The molecular formula is C18H18N4O4S. The monoisotopic (exact) mass is 386 g/mol. The molecule has 1 aromatic heterocycles. The Labute approximate surface area is 157 Å². The number of nitrogens with zero attached hydrogens (tertiary/aromatic N) is 3. The van der Waals surface area contributed by atoms with E-state index in [1.165, 1.54) is 38.4 Å². The molecule has 0 aliphatic carbocycles. The summed E-state index contributed by atoms with van der Waals surface area (Å²) in [4.78, 5) is 21.3. The van der Waals surface area contributed by atoms with Crippen LogP contribution in [0.5, 0.6) is 0 Å². The third kappa shape index (κ3) is 3.90. The molecule has 0 atom stereocenters. The zero-order valence-electron chi connectivity index (χ0n) is 14.7. The van der Waals surface area contributed by atoms with E-state index in [2.05, 4.69) is 10.3 Å². The third-order valence-corrected chi connectivity index (χ3v) is 5.64. The second kappa shape index (κ2) is 7.70. The standard InChI is InChI=1S/C18H18N4O4S/c1-21(26-2)27(24,25)15-9-7-14(8-10-15)18(23)20-16-5-3-4-6-17(16)22-12-11-19-13-22/h3-13H,1-2H3,(H,20,23). The summed E-state index contributed by atoms with van der Waals surface area (Å²) in [6, 6.07) is 12.9. The molecule has 2 aromatic carbocycles. The first kappa shape index (κ1) is 18.8. The fourth-order valence-corrected chi connectivity index (χ4v) is 3.40. The van der Waals surface area contributed by atoms with Crippen LogP contribution in [0, 0.1) is 0 Å². The summed E-state index contributed by atoms with van der Waals surface area (Å²) < 4.78 is 26.9. The van der Waals surface area contributed by atoms with E-state index < -0.39 is 10.0 Å². The Balaban J connectivity index is 1.82. The molecule has 1 N–H and O–H groups in total. The minimum absolute atomic E-state index is 0.0298. The molecule has 8 nitrogen and oxygen atoms in total. The van der Waals surface area contributed by atoms with Crippen molar-refractivity contribution in [2.45, 2.75) is 4.90 Å². The highest BCUT2D eigenvalue weighted by Gasteiger charge is 2.21. The molecule has 0 spiro atoms. The van der Waals surface area contributed by atoms with Crippen LogP contribution in [0.4, 0.5) is 5.69 Å². The van der Waals surface area contributed by atoms with E-state index in [1.54, 1.807) is 29.4 Å². The maximum atomic E-state index is 12.6. The van der Waals surface area contributed by atoms with Crippen molar-refractivity contribution in [3.8, 4) is 5.69 Å². The number of hydrogen-bond donors (Lipinski definition) is 1. The van der Waals surface area contributed by atoms with E-state index in [4.69, 9.17) is 4.84 Å². The lowest BCUT2D eigenvalue weighted by molar-refractivity contribution is -0.0258. The number of hydrogen-bond acceptors (Lipinski definition) is 5. The number of amides is 1. The molecule has 0 radical (unpaired) electrons.